The molecule has 0 bridgehead atoms. The summed E-state index contributed by atoms with van der Waals surface area (Å²) in [5.41, 5.74) is 7.67. The summed E-state index contributed by atoms with van der Waals surface area (Å²) in [6.07, 6.45) is 103. The van der Waals surface area contributed by atoms with Crippen molar-refractivity contribution in [2.45, 2.75) is 496 Å². The standard InChI is InChI=1S/C91H166N2.Ni/c1-5-9-13-16-19-22-25-28-31-34-37-40-42-45-47-50-53-56-59-62-65-68-71-76-86-78-74-80-88(84-86)92-90(82-12-8-4)91(83-73-70-67-64-61-58-55-52-49-44-39-36-33-30-27-24-21-18-15-11-7-3)93-89-81-75-79-87(85-89)77-72-69-66-63-60-57-54-51-48-46-43-41-38-35-32-29-26-23-20-17-14-10-6-2;/h74-75,78-81,84-85H,5-73,76-77,82-83H2,1-4H3;. The van der Waals surface area contributed by atoms with Gasteiger partial charge in [0.1, 0.15) is 0 Å². The maximum Gasteiger partial charge on any atom is 0.0636 e. The molecule has 0 N–H and O–H groups in total. The van der Waals surface area contributed by atoms with Crippen molar-refractivity contribution in [3.05, 3.63) is 59.7 Å². The Hall–Kier alpha value is -1.73. The molecule has 2 aromatic rings. The minimum atomic E-state index is 0. The number of hydrogen-bond donors (Lipinski definition) is 0. The third kappa shape index (κ3) is 62.5. The summed E-state index contributed by atoms with van der Waals surface area (Å²) in [4.78, 5) is 11.1. The number of rotatable bonds is 76. The SMILES string of the molecule is CCCCCCCCCCCCCCCCCCCCCCCCCc1cccc(N=C(CCCC)C(CCCCCCCCCCCCCCCCCCCCCCC)=Nc2cccc(CCCCCCCCCCCCCCCCCCCCCCCCC)c2)c1.[Ni]. The van der Waals surface area contributed by atoms with E-state index in [9.17, 15) is 0 Å². The molecule has 2 rings (SSSR count). The summed E-state index contributed by atoms with van der Waals surface area (Å²) in [5.74, 6) is 0. The van der Waals surface area contributed by atoms with Crippen molar-refractivity contribution < 1.29 is 16.5 Å². The van der Waals surface area contributed by atoms with E-state index in [0.717, 1.165) is 30.6 Å². The molecule has 550 valence electrons. The van der Waals surface area contributed by atoms with Crippen LogP contribution in [0.3, 0.4) is 0 Å². The van der Waals surface area contributed by atoms with Crippen LogP contribution in [0, 0.1) is 0 Å². The van der Waals surface area contributed by atoms with E-state index in [2.05, 4.69) is 76.2 Å². The summed E-state index contributed by atoms with van der Waals surface area (Å²) in [5, 5.41) is 0. The molecule has 0 aromatic heterocycles. The monoisotopic (exact) mass is 1350 g/mol. The fraction of sp³-hybridized carbons (Fsp3) is 0.846. The summed E-state index contributed by atoms with van der Waals surface area (Å²) < 4.78 is 0. The number of hydrogen-bond acceptors (Lipinski definition) is 2. The van der Waals surface area contributed by atoms with Crippen molar-refractivity contribution in [1.82, 2.24) is 0 Å². The Kier molecular flexibility index (Phi) is 72.5. The maximum atomic E-state index is 5.58. The maximum absolute atomic E-state index is 5.58. The van der Waals surface area contributed by atoms with Gasteiger partial charge in [0.2, 0.25) is 0 Å². The van der Waals surface area contributed by atoms with Crippen molar-refractivity contribution in [2.24, 2.45) is 9.98 Å². The van der Waals surface area contributed by atoms with E-state index >= 15 is 0 Å². The van der Waals surface area contributed by atoms with Gasteiger partial charge in [-0.3, -0.25) is 9.98 Å². The van der Waals surface area contributed by atoms with Gasteiger partial charge >= 0.3 is 0 Å². The molecular formula is C91H166N2Ni. The second-order valence-electron chi connectivity index (χ2n) is 30.4. The zero-order chi connectivity index (χ0) is 66.2. The van der Waals surface area contributed by atoms with Gasteiger partial charge in [-0.15, -0.1) is 0 Å². The van der Waals surface area contributed by atoms with Gasteiger partial charge in [-0.2, -0.15) is 0 Å². The van der Waals surface area contributed by atoms with Gasteiger partial charge in [-0.05, 0) is 86.8 Å². The summed E-state index contributed by atoms with van der Waals surface area (Å²) >= 11 is 0. The van der Waals surface area contributed by atoms with Crippen LogP contribution in [0.2, 0.25) is 0 Å². The van der Waals surface area contributed by atoms with Crippen molar-refractivity contribution >= 4 is 22.8 Å². The normalized spacial score (nSPS) is 12.0. The molecule has 0 aliphatic rings. The fourth-order valence-electron chi connectivity index (χ4n) is 14.7. The second kappa shape index (κ2) is 75.5. The van der Waals surface area contributed by atoms with Crippen LogP contribution >= 0.6 is 0 Å². The van der Waals surface area contributed by atoms with Gasteiger partial charge in [0.15, 0.2) is 0 Å². The van der Waals surface area contributed by atoms with Crippen LogP contribution in [0.25, 0.3) is 0 Å². The predicted octanol–water partition coefficient (Wildman–Crippen LogP) is 33.4. The Labute approximate surface area is 601 Å². The topological polar surface area (TPSA) is 24.7 Å². The van der Waals surface area contributed by atoms with Crippen LogP contribution in [0.15, 0.2) is 58.5 Å². The molecule has 0 heterocycles. The van der Waals surface area contributed by atoms with Crippen LogP contribution in [0.1, 0.15) is 495 Å². The van der Waals surface area contributed by atoms with Gasteiger partial charge in [-0.1, -0.05) is 469 Å². The smallest absolute Gasteiger partial charge is 0.0636 e. The minimum Gasteiger partial charge on any atom is -0.252 e. The summed E-state index contributed by atoms with van der Waals surface area (Å²) in [6, 6.07) is 18.6. The molecule has 0 radical (unpaired) electrons. The van der Waals surface area contributed by atoms with Gasteiger partial charge in [-0.25, -0.2) is 0 Å². The second-order valence-corrected chi connectivity index (χ2v) is 30.4. The average molecular weight is 1350 g/mol. The number of aryl methyl sites for hydroxylation is 2. The molecule has 0 saturated heterocycles. The largest absolute Gasteiger partial charge is 0.252 e. The first-order chi connectivity index (χ1) is 46.2. The van der Waals surface area contributed by atoms with Gasteiger partial charge in [0.05, 0.1) is 22.8 Å². The first kappa shape index (κ1) is 90.3. The number of nitrogens with zero attached hydrogens (tertiary/aromatic N) is 2. The molecular weight excluding hydrogens is 1180 g/mol. The predicted molar refractivity (Wildman–Crippen MR) is 425 cm³/mol. The molecule has 0 saturated carbocycles. The molecule has 3 heteroatoms. The van der Waals surface area contributed by atoms with Crippen LogP contribution in [-0.2, 0) is 29.3 Å². The Balaban J connectivity index is 0.0000442. The molecule has 0 fully saturated rings. The average Bonchev–Trinajstić information content (AvgIpc) is 0.940. The first-order valence-electron chi connectivity index (χ1n) is 43.5. The van der Waals surface area contributed by atoms with Crippen molar-refractivity contribution in [3.8, 4) is 0 Å². The Morgan fingerprint density at radius 3 is 0.574 bits per heavy atom. The number of benzene rings is 2. The summed E-state index contributed by atoms with van der Waals surface area (Å²) in [6.45, 7) is 9.29. The molecule has 0 unspecified atom stereocenters. The minimum absolute atomic E-state index is 0. The first-order valence-corrected chi connectivity index (χ1v) is 43.5. The third-order valence-electron chi connectivity index (χ3n) is 21.1. The molecule has 0 spiro atoms. The third-order valence-corrected chi connectivity index (χ3v) is 21.1. The zero-order valence-corrected chi connectivity index (χ0v) is 65.4. The van der Waals surface area contributed by atoms with Gasteiger partial charge in [0, 0.05) is 16.5 Å². The van der Waals surface area contributed by atoms with E-state index in [1.807, 2.05) is 0 Å². The zero-order valence-electron chi connectivity index (χ0n) is 64.4. The summed E-state index contributed by atoms with van der Waals surface area (Å²) in [7, 11) is 0. The molecule has 2 nitrogen and oxygen atoms in total. The van der Waals surface area contributed by atoms with E-state index in [1.165, 1.54) is 472 Å². The molecule has 0 aliphatic carbocycles. The van der Waals surface area contributed by atoms with Crippen molar-refractivity contribution in [1.29, 1.82) is 0 Å². The van der Waals surface area contributed by atoms with Crippen LogP contribution < -0.4 is 0 Å². The van der Waals surface area contributed by atoms with Crippen LogP contribution in [0.5, 0.6) is 0 Å². The Morgan fingerprint density at radius 1 is 0.202 bits per heavy atom. The molecule has 0 amide bonds. The van der Waals surface area contributed by atoms with E-state index in [-0.39, 0.29) is 16.5 Å². The van der Waals surface area contributed by atoms with E-state index in [4.69, 9.17) is 9.98 Å². The van der Waals surface area contributed by atoms with Crippen molar-refractivity contribution in [2.75, 3.05) is 0 Å². The van der Waals surface area contributed by atoms with Crippen LogP contribution in [-0.4, -0.2) is 11.4 Å². The Morgan fingerprint density at radius 2 is 0.372 bits per heavy atom. The van der Waals surface area contributed by atoms with Gasteiger partial charge < -0.3 is 0 Å². The molecule has 2 aromatic carbocycles. The number of unbranched alkanes of at least 4 members (excludes halogenated alkanes) is 65. The quantitative estimate of drug-likeness (QED) is 0.0358. The van der Waals surface area contributed by atoms with Gasteiger partial charge in [0.25, 0.3) is 0 Å². The molecule has 0 aliphatic heterocycles. The molecule has 94 heavy (non-hydrogen) atoms. The fourth-order valence-corrected chi connectivity index (χ4v) is 14.7. The van der Waals surface area contributed by atoms with Crippen LogP contribution in [0.4, 0.5) is 11.4 Å². The van der Waals surface area contributed by atoms with E-state index in [1.54, 1.807) is 0 Å². The number of aliphatic imine (C=N–C) groups is 2. The van der Waals surface area contributed by atoms with E-state index in [0.29, 0.717) is 0 Å². The van der Waals surface area contributed by atoms with E-state index < -0.39 is 0 Å². The van der Waals surface area contributed by atoms with Crippen molar-refractivity contribution in [3.63, 3.8) is 0 Å². The molecule has 0 atom stereocenters. The Bertz CT molecular complexity index is 1850.